The minimum Gasteiger partial charge on any atom is -0.462 e. The quantitative estimate of drug-likeness (QED) is 0.281. The molecule has 8 heteroatoms. The van der Waals surface area contributed by atoms with E-state index in [4.69, 9.17) is 9.47 Å². The van der Waals surface area contributed by atoms with Crippen molar-refractivity contribution in [2.75, 3.05) is 39.6 Å². The molecule has 42 heavy (non-hydrogen) atoms. The summed E-state index contributed by atoms with van der Waals surface area (Å²) in [6, 6.07) is 17.7. The van der Waals surface area contributed by atoms with E-state index < -0.39 is 0 Å². The molecule has 0 heterocycles. The number of hydrogen-bond donors (Lipinski definition) is 4. The first-order valence-electron chi connectivity index (χ1n) is 15.4. The predicted molar refractivity (Wildman–Crippen MR) is 155 cm³/mol. The van der Waals surface area contributed by atoms with Crippen LogP contribution in [-0.4, -0.2) is 72.0 Å². The fraction of sp³-hybridized carbons (Fsp3) is 0.588. The average Bonchev–Trinajstić information content (AvgIpc) is 3.55. The Kier molecular flexibility index (Phi) is 10.3. The van der Waals surface area contributed by atoms with Gasteiger partial charge in [0.25, 0.3) is 0 Å². The van der Waals surface area contributed by atoms with Gasteiger partial charge >= 0.3 is 11.9 Å². The standard InChI is InChI=1S/C34H44O8/c35-15-25-13-27(17-37)31(29(25)19-41-33(39)21-7-3-1-4-8-21)23-11-24(12-23)32-28(18-38)14-26(16-36)30(32)20-42-34(40)22-9-5-2-6-10-22/h1-10,23-32,35-38H,11-20H2/t23?,24?,25-,26+,27+,28-,29+,30-,31+,32-. The van der Waals surface area contributed by atoms with Crippen LogP contribution in [0.25, 0.3) is 0 Å². The molecule has 0 unspecified atom stereocenters. The van der Waals surface area contributed by atoms with Gasteiger partial charge in [-0.05, 0) is 97.3 Å². The molecule has 0 saturated heterocycles. The van der Waals surface area contributed by atoms with Gasteiger partial charge in [-0.1, -0.05) is 36.4 Å². The molecular weight excluding hydrogens is 536 g/mol. The SMILES string of the molecule is O=C(OC[C@@H]1[C@H](CO)C[C@H](CO)[C@H]1C1CC([C@H]2[C@H](CO)C[C@H](CO)[C@@H]2COC(=O)c2ccccc2)C1)c1ccccc1. The van der Waals surface area contributed by atoms with Crippen molar-refractivity contribution in [3.8, 4) is 0 Å². The van der Waals surface area contributed by atoms with Gasteiger partial charge in [0.1, 0.15) is 0 Å². The molecule has 0 bridgehead atoms. The second kappa shape index (κ2) is 14.1. The number of rotatable bonds is 12. The Morgan fingerprint density at radius 3 is 1.24 bits per heavy atom. The molecule has 5 rings (SSSR count). The van der Waals surface area contributed by atoms with Crippen LogP contribution in [0.3, 0.4) is 0 Å². The summed E-state index contributed by atoms with van der Waals surface area (Å²) < 4.78 is 11.5. The Labute approximate surface area is 247 Å². The van der Waals surface area contributed by atoms with Gasteiger partial charge in [0.05, 0.1) is 24.3 Å². The molecule has 2 aromatic rings. The fourth-order valence-corrected chi connectivity index (χ4v) is 8.54. The normalized spacial score (nSPS) is 34.1. The number of benzene rings is 2. The van der Waals surface area contributed by atoms with E-state index in [0.717, 1.165) is 12.8 Å². The largest absolute Gasteiger partial charge is 0.462 e. The van der Waals surface area contributed by atoms with Crippen molar-refractivity contribution in [1.82, 2.24) is 0 Å². The van der Waals surface area contributed by atoms with E-state index in [1.807, 2.05) is 12.1 Å². The van der Waals surface area contributed by atoms with Gasteiger partial charge in [-0.3, -0.25) is 0 Å². The van der Waals surface area contributed by atoms with E-state index in [1.165, 1.54) is 0 Å². The number of ether oxygens (including phenoxy) is 2. The lowest BCUT2D eigenvalue weighted by atomic mass is 9.57. The molecule has 0 radical (unpaired) electrons. The van der Waals surface area contributed by atoms with Crippen LogP contribution < -0.4 is 0 Å². The van der Waals surface area contributed by atoms with E-state index in [2.05, 4.69) is 0 Å². The topological polar surface area (TPSA) is 134 Å². The highest BCUT2D eigenvalue weighted by Gasteiger charge is 2.55. The summed E-state index contributed by atoms with van der Waals surface area (Å²) in [5.41, 5.74) is 0.979. The van der Waals surface area contributed by atoms with Crippen LogP contribution in [-0.2, 0) is 9.47 Å². The maximum Gasteiger partial charge on any atom is 0.338 e. The maximum atomic E-state index is 12.7. The zero-order valence-electron chi connectivity index (χ0n) is 24.0. The number of aliphatic hydroxyl groups excluding tert-OH is 4. The molecule has 8 atom stereocenters. The van der Waals surface area contributed by atoms with Gasteiger partial charge in [-0.2, -0.15) is 0 Å². The lowest BCUT2D eigenvalue weighted by molar-refractivity contribution is -0.0342. The Hall–Kier alpha value is -2.78. The summed E-state index contributed by atoms with van der Waals surface area (Å²) in [6.45, 7) is 0.429. The predicted octanol–water partition coefficient (Wildman–Crippen LogP) is 3.43. The van der Waals surface area contributed by atoms with Crippen LogP contribution >= 0.6 is 0 Å². The zero-order chi connectivity index (χ0) is 29.6. The van der Waals surface area contributed by atoms with Crippen LogP contribution in [0.4, 0.5) is 0 Å². The van der Waals surface area contributed by atoms with Gasteiger partial charge in [0.2, 0.25) is 0 Å². The number of aliphatic hydroxyl groups is 4. The average molecular weight is 581 g/mol. The highest BCUT2D eigenvalue weighted by Crippen LogP contribution is 2.58. The summed E-state index contributed by atoms with van der Waals surface area (Å²) in [5.74, 6) is -0.0787. The summed E-state index contributed by atoms with van der Waals surface area (Å²) in [6.07, 6.45) is 3.18. The Morgan fingerprint density at radius 1 is 0.548 bits per heavy atom. The summed E-state index contributed by atoms with van der Waals surface area (Å²) in [4.78, 5) is 25.4. The highest BCUT2D eigenvalue weighted by molar-refractivity contribution is 5.89. The molecule has 4 N–H and O–H groups in total. The molecule has 3 saturated carbocycles. The van der Waals surface area contributed by atoms with E-state index >= 15 is 0 Å². The van der Waals surface area contributed by atoms with Gasteiger partial charge in [0, 0.05) is 38.3 Å². The first-order chi connectivity index (χ1) is 20.5. The second-order valence-electron chi connectivity index (χ2n) is 12.6. The Balaban J connectivity index is 1.25. The smallest absolute Gasteiger partial charge is 0.338 e. The van der Waals surface area contributed by atoms with Crippen molar-refractivity contribution in [3.63, 3.8) is 0 Å². The first-order valence-corrected chi connectivity index (χ1v) is 15.4. The van der Waals surface area contributed by atoms with Gasteiger partial charge in [0.15, 0.2) is 0 Å². The third-order valence-electron chi connectivity index (χ3n) is 10.6. The molecule has 2 aromatic carbocycles. The van der Waals surface area contributed by atoms with Crippen molar-refractivity contribution in [2.24, 2.45) is 59.2 Å². The summed E-state index contributed by atoms with van der Waals surface area (Å²) >= 11 is 0. The monoisotopic (exact) mass is 580 g/mol. The van der Waals surface area contributed by atoms with E-state index in [9.17, 15) is 30.0 Å². The molecule has 3 aliphatic rings. The fourth-order valence-electron chi connectivity index (χ4n) is 8.54. The zero-order valence-corrected chi connectivity index (χ0v) is 24.0. The molecule has 8 nitrogen and oxygen atoms in total. The van der Waals surface area contributed by atoms with Crippen molar-refractivity contribution >= 4 is 11.9 Å². The van der Waals surface area contributed by atoms with Crippen molar-refractivity contribution in [3.05, 3.63) is 71.8 Å². The van der Waals surface area contributed by atoms with Crippen molar-refractivity contribution in [1.29, 1.82) is 0 Å². The minimum absolute atomic E-state index is 0.0149. The lowest BCUT2D eigenvalue weighted by Crippen LogP contribution is -2.44. The first kappa shape index (κ1) is 30.7. The minimum atomic E-state index is -0.385. The van der Waals surface area contributed by atoms with Crippen molar-refractivity contribution in [2.45, 2.75) is 25.7 Å². The van der Waals surface area contributed by atoms with Gasteiger partial charge in [-0.15, -0.1) is 0 Å². The molecule has 3 fully saturated rings. The third kappa shape index (κ3) is 6.42. The maximum absolute atomic E-state index is 12.7. The molecule has 0 aromatic heterocycles. The van der Waals surface area contributed by atoms with Gasteiger partial charge < -0.3 is 29.9 Å². The number of hydrogen-bond acceptors (Lipinski definition) is 8. The molecule has 0 amide bonds. The van der Waals surface area contributed by atoms with Crippen LogP contribution in [0, 0.1) is 59.2 Å². The number of carbonyl (C=O) groups excluding carboxylic acids is 2. The van der Waals surface area contributed by atoms with Gasteiger partial charge in [-0.25, -0.2) is 9.59 Å². The summed E-state index contributed by atoms with van der Waals surface area (Å²) in [7, 11) is 0. The molecule has 228 valence electrons. The molecular formula is C34H44O8. The van der Waals surface area contributed by atoms with Crippen molar-refractivity contribution < 1.29 is 39.5 Å². The Morgan fingerprint density at radius 2 is 0.905 bits per heavy atom. The van der Waals surface area contributed by atoms with E-state index in [-0.39, 0.29) is 98.9 Å². The summed E-state index contributed by atoms with van der Waals surface area (Å²) in [5, 5.41) is 40.9. The van der Waals surface area contributed by atoms with E-state index in [1.54, 1.807) is 48.5 Å². The number of esters is 2. The third-order valence-corrected chi connectivity index (χ3v) is 10.6. The molecule has 3 aliphatic carbocycles. The van der Waals surface area contributed by atoms with E-state index in [0.29, 0.717) is 35.8 Å². The van der Waals surface area contributed by atoms with Crippen LogP contribution in [0.15, 0.2) is 60.7 Å². The Bertz CT molecular complexity index is 1060. The number of carbonyl (C=O) groups is 2. The van der Waals surface area contributed by atoms with Crippen LogP contribution in [0.2, 0.25) is 0 Å². The second-order valence-corrected chi connectivity index (χ2v) is 12.6. The molecule has 0 aliphatic heterocycles. The van der Waals surface area contributed by atoms with Crippen LogP contribution in [0.5, 0.6) is 0 Å². The lowest BCUT2D eigenvalue weighted by Gasteiger charge is -2.48. The highest BCUT2D eigenvalue weighted by atomic mass is 16.5. The van der Waals surface area contributed by atoms with Crippen LogP contribution in [0.1, 0.15) is 46.4 Å². The molecule has 0 spiro atoms.